The highest BCUT2D eigenvalue weighted by molar-refractivity contribution is 5.78. The summed E-state index contributed by atoms with van der Waals surface area (Å²) in [4.78, 5) is 24.8. The first-order valence-electron chi connectivity index (χ1n) is 15.1. The number of hydrogen-bond acceptors (Lipinski definition) is 6. The lowest BCUT2D eigenvalue weighted by Gasteiger charge is -2.33. The number of aryl methyl sites for hydroxylation is 1. The van der Waals surface area contributed by atoms with Crippen molar-refractivity contribution in [1.82, 2.24) is 19.4 Å². The number of amides is 1. The SMILES string of the molecule is COCCCn1c([C@@H]2CCCN(C(=O)C[C@H](N)Cc3ccc(-c4ccc(OC(C)C)nc4)cc3)C2)nc2ccccc21. The lowest BCUT2D eigenvalue weighted by Crippen LogP contribution is -2.42. The van der Waals surface area contributed by atoms with E-state index in [2.05, 4.69) is 52.0 Å². The molecular weight excluding hydrogens is 526 g/mol. The number of piperidine rings is 1. The molecule has 2 atom stereocenters. The lowest BCUT2D eigenvalue weighted by molar-refractivity contribution is -0.132. The molecular formula is C34H43N5O3. The summed E-state index contributed by atoms with van der Waals surface area (Å²) < 4.78 is 13.3. The normalized spacial score (nSPS) is 16.2. The van der Waals surface area contributed by atoms with Crippen LogP contribution in [-0.2, 0) is 22.5 Å². The van der Waals surface area contributed by atoms with Crippen LogP contribution in [0.3, 0.4) is 0 Å². The molecule has 2 aromatic heterocycles. The summed E-state index contributed by atoms with van der Waals surface area (Å²) in [6.07, 6.45) is 5.82. The first-order chi connectivity index (χ1) is 20.4. The average Bonchev–Trinajstić information content (AvgIpc) is 3.36. The van der Waals surface area contributed by atoms with E-state index < -0.39 is 0 Å². The second-order valence-corrected chi connectivity index (χ2v) is 11.6. The molecule has 4 aromatic rings. The van der Waals surface area contributed by atoms with Crippen LogP contribution in [-0.4, -0.2) is 64.3 Å². The van der Waals surface area contributed by atoms with Gasteiger partial charge in [-0.25, -0.2) is 9.97 Å². The maximum absolute atomic E-state index is 13.4. The van der Waals surface area contributed by atoms with Gasteiger partial charge in [-0.1, -0.05) is 36.4 Å². The van der Waals surface area contributed by atoms with Crippen molar-refractivity contribution >= 4 is 16.9 Å². The second kappa shape index (κ2) is 13.9. The number of aromatic nitrogens is 3. The van der Waals surface area contributed by atoms with Crippen molar-refractivity contribution in [3.63, 3.8) is 0 Å². The van der Waals surface area contributed by atoms with Crippen LogP contribution in [0.5, 0.6) is 5.88 Å². The van der Waals surface area contributed by atoms with Gasteiger partial charge in [0, 0.05) is 69.6 Å². The smallest absolute Gasteiger partial charge is 0.224 e. The van der Waals surface area contributed by atoms with Crippen molar-refractivity contribution in [1.29, 1.82) is 0 Å². The second-order valence-electron chi connectivity index (χ2n) is 11.6. The number of pyridine rings is 1. The quantitative estimate of drug-likeness (QED) is 0.224. The van der Waals surface area contributed by atoms with Gasteiger partial charge >= 0.3 is 0 Å². The van der Waals surface area contributed by atoms with Crippen LogP contribution in [0, 0.1) is 0 Å². The van der Waals surface area contributed by atoms with Crippen LogP contribution in [0.1, 0.15) is 56.8 Å². The fraction of sp³-hybridized carbons (Fsp3) is 0.441. The maximum atomic E-state index is 13.4. The summed E-state index contributed by atoms with van der Waals surface area (Å²) in [5.41, 5.74) is 11.9. The monoisotopic (exact) mass is 569 g/mol. The summed E-state index contributed by atoms with van der Waals surface area (Å²) in [7, 11) is 1.73. The molecule has 3 heterocycles. The predicted octanol–water partition coefficient (Wildman–Crippen LogP) is 5.59. The molecule has 42 heavy (non-hydrogen) atoms. The minimum Gasteiger partial charge on any atom is -0.475 e. The van der Waals surface area contributed by atoms with E-state index in [-0.39, 0.29) is 24.0 Å². The van der Waals surface area contributed by atoms with Gasteiger partial charge in [0.05, 0.1) is 17.1 Å². The molecule has 1 fully saturated rings. The highest BCUT2D eigenvalue weighted by Crippen LogP contribution is 2.30. The zero-order valence-electron chi connectivity index (χ0n) is 25.0. The molecule has 0 spiro atoms. The van der Waals surface area contributed by atoms with Gasteiger partial charge < -0.3 is 24.7 Å². The Morgan fingerprint density at radius 3 is 2.60 bits per heavy atom. The molecule has 1 aliphatic rings. The number of nitrogens with zero attached hydrogens (tertiary/aromatic N) is 4. The number of imidazole rings is 1. The molecule has 0 radical (unpaired) electrons. The van der Waals surface area contributed by atoms with E-state index in [0.29, 0.717) is 31.9 Å². The number of carbonyl (C=O) groups is 1. The van der Waals surface area contributed by atoms with Crippen LogP contribution < -0.4 is 10.5 Å². The minimum atomic E-state index is -0.239. The molecule has 222 valence electrons. The highest BCUT2D eigenvalue weighted by atomic mass is 16.5. The van der Waals surface area contributed by atoms with Gasteiger partial charge in [-0.2, -0.15) is 0 Å². The number of fused-ring (bicyclic) bond motifs is 1. The number of benzene rings is 2. The molecule has 2 aromatic carbocycles. The molecule has 8 nitrogen and oxygen atoms in total. The van der Waals surface area contributed by atoms with Crippen LogP contribution in [0.15, 0.2) is 66.9 Å². The first kappa shape index (κ1) is 29.7. The zero-order chi connectivity index (χ0) is 29.5. The van der Waals surface area contributed by atoms with Crippen molar-refractivity contribution in [2.45, 2.75) is 70.6 Å². The van der Waals surface area contributed by atoms with E-state index in [1.54, 1.807) is 7.11 Å². The topological polar surface area (TPSA) is 95.5 Å². The van der Waals surface area contributed by atoms with E-state index in [4.69, 9.17) is 20.2 Å². The fourth-order valence-electron chi connectivity index (χ4n) is 5.85. The maximum Gasteiger partial charge on any atom is 0.224 e. The van der Waals surface area contributed by atoms with Crippen LogP contribution in [0.25, 0.3) is 22.2 Å². The Kier molecular flexibility index (Phi) is 9.87. The van der Waals surface area contributed by atoms with Gasteiger partial charge in [-0.05, 0) is 68.9 Å². The van der Waals surface area contributed by atoms with Gasteiger partial charge in [0.2, 0.25) is 11.8 Å². The van der Waals surface area contributed by atoms with Crippen molar-refractivity contribution in [3.05, 3.63) is 78.2 Å². The third kappa shape index (κ3) is 7.36. The van der Waals surface area contributed by atoms with Gasteiger partial charge in [-0.3, -0.25) is 4.79 Å². The third-order valence-electron chi connectivity index (χ3n) is 7.87. The number of nitrogens with two attached hydrogens (primary N) is 1. The van der Waals surface area contributed by atoms with E-state index in [1.165, 1.54) is 0 Å². The predicted molar refractivity (Wildman–Crippen MR) is 167 cm³/mol. The lowest BCUT2D eigenvalue weighted by atomic mass is 9.95. The number of likely N-dealkylation sites (tertiary alicyclic amines) is 1. The van der Waals surface area contributed by atoms with Crippen molar-refractivity contribution in [2.75, 3.05) is 26.8 Å². The molecule has 0 bridgehead atoms. The number of ether oxygens (including phenoxy) is 2. The van der Waals surface area contributed by atoms with Gasteiger partial charge in [0.1, 0.15) is 5.82 Å². The number of carbonyl (C=O) groups excluding carboxylic acids is 1. The summed E-state index contributed by atoms with van der Waals surface area (Å²) in [5.74, 6) is 2.04. The van der Waals surface area contributed by atoms with Gasteiger partial charge in [-0.15, -0.1) is 0 Å². The Labute approximate surface area is 248 Å². The van der Waals surface area contributed by atoms with E-state index in [1.807, 2.05) is 43.1 Å². The Hall–Kier alpha value is -3.75. The van der Waals surface area contributed by atoms with E-state index in [9.17, 15) is 4.79 Å². The summed E-state index contributed by atoms with van der Waals surface area (Å²) in [6.45, 7) is 6.99. The molecule has 5 rings (SSSR count). The molecule has 2 N–H and O–H groups in total. The first-order valence-corrected chi connectivity index (χ1v) is 15.1. The van der Waals surface area contributed by atoms with Crippen LogP contribution in [0.4, 0.5) is 0 Å². The van der Waals surface area contributed by atoms with Crippen molar-refractivity contribution < 1.29 is 14.3 Å². The average molecular weight is 570 g/mol. The largest absolute Gasteiger partial charge is 0.475 e. The summed E-state index contributed by atoms with van der Waals surface area (Å²) in [5, 5.41) is 0. The molecule has 1 aliphatic heterocycles. The zero-order valence-corrected chi connectivity index (χ0v) is 25.0. The van der Waals surface area contributed by atoms with Gasteiger partial charge in [0.15, 0.2) is 0 Å². The molecule has 8 heteroatoms. The number of rotatable bonds is 12. The Balaban J connectivity index is 1.18. The standard InChI is InChI=1S/C34H43N5O3/c1-24(2)42-32-16-15-27(22-36-32)26-13-11-25(12-14-26)20-29(35)21-33(40)38-17-6-8-28(23-38)34-37-30-9-4-5-10-31(30)39(34)18-7-19-41-3/h4-5,9-16,22,24,28-29H,6-8,17-21,23,35H2,1-3H3/t28-,29-/m1/s1. The summed E-state index contributed by atoms with van der Waals surface area (Å²) in [6, 6.07) is 20.3. The molecule has 1 saturated heterocycles. The Morgan fingerprint density at radius 1 is 1.07 bits per heavy atom. The minimum absolute atomic E-state index is 0.0937. The molecule has 0 unspecified atom stereocenters. The van der Waals surface area contributed by atoms with Crippen LogP contribution >= 0.6 is 0 Å². The molecule has 1 amide bonds. The van der Waals surface area contributed by atoms with Crippen molar-refractivity contribution in [3.8, 4) is 17.0 Å². The fourth-order valence-corrected chi connectivity index (χ4v) is 5.85. The van der Waals surface area contributed by atoms with Crippen molar-refractivity contribution in [2.24, 2.45) is 5.73 Å². The third-order valence-corrected chi connectivity index (χ3v) is 7.87. The van der Waals surface area contributed by atoms with Gasteiger partial charge in [0.25, 0.3) is 0 Å². The number of methoxy groups -OCH3 is 1. The summed E-state index contributed by atoms with van der Waals surface area (Å²) >= 11 is 0. The number of hydrogen-bond donors (Lipinski definition) is 1. The Bertz CT molecular complexity index is 1450. The Morgan fingerprint density at radius 2 is 1.86 bits per heavy atom. The number of para-hydroxylation sites is 2. The highest BCUT2D eigenvalue weighted by Gasteiger charge is 2.29. The van der Waals surface area contributed by atoms with E-state index in [0.717, 1.165) is 65.9 Å². The van der Waals surface area contributed by atoms with Crippen LogP contribution in [0.2, 0.25) is 0 Å². The van der Waals surface area contributed by atoms with E-state index >= 15 is 0 Å². The molecule has 0 aliphatic carbocycles. The molecule has 0 saturated carbocycles.